The molecule has 0 aliphatic heterocycles. The first-order chi connectivity index (χ1) is 12.8. The first kappa shape index (κ1) is 18.9. The van der Waals surface area contributed by atoms with Gasteiger partial charge in [0.05, 0.1) is 0 Å². The first-order valence-electron chi connectivity index (χ1n) is 8.18. The molecule has 1 aromatic heterocycles. The van der Waals surface area contributed by atoms with Crippen LogP contribution in [0.4, 0.5) is 19.4 Å². The summed E-state index contributed by atoms with van der Waals surface area (Å²) in [4.78, 5) is 10.3. The molecule has 4 aromatic rings. The van der Waals surface area contributed by atoms with Gasteiger partial charge in [0.1, 0.15) is 4.90 Å². The molecular weight excluding hydrogens is 415 g/mol. The molecule has 0 fully saturated rings. The van der Waals surface area contributed by atoms with Gasteiger partial charge in [-0.25, -0.2) is 0 Å². The van der Waals surface area contributed by atoms with Gasteiger partial charge in [0.2, 0.25) is 0 Å². The van der Waals surface area contributed by atoms with E-state index in [1.54, 1.807) is 18.2 Å². The SMILES string of the molecule is CC(=O)c1ccc2c(c1)c1ccccc1[s+]2-c1ccc(S(F)(F)(F)(F)F)cc1. The highest BCUT2D eigenvalue weighted by Crippen LogP contribution is 3.02. The molecule has 146 valence electrons. The molecule has 1 heterocycles. The number of thiophene rings is 1. The Labute approximate surface area is 160 Å². The third-order valence-corrected chi connectivity index (χ3v) is 8.01. The minimum absolute atomic E-state index is 0.0905. The van der Waals surface area contributed by atoms with Crippen LogP contribution in [0.15, 0.2) is 71.6 Å². The molecule has 0 saturated carbocycles. The summed E-state index contributed by atoms with van der Waals surface area (Å²) in [5.74, 6) is -0.0905. The lowest BCUT2D eigenvalue weighted by Gasteiger charge is -2.40. The van der Waals surface area contributed by atoms with Crippen LogP contribution in [0.25, 0.3) is 25.1 Å². The van der Waals surface area contributed by atoms with Crippen LogP contribution in [0.1, 0.15) is 17.3 Å². The van der Waals surface area contributed by atoms with Crippen molar-refractivity contribution >= 4 is 46.6 Å². The molecule has 28 heavy (non-hydrogen) atoms. The molecule has 0 aliphatic rings. The van der Waals surface area contributed by atoms with Crippen LogP contribution < -0.4 is 0 Å². The molecule has 0 amide bonds. The molecule has 0 spiro atoms. The normalized spacial score (nSPS) is 15.4. The molecule has 0 aliphatic carbocycles. The van der Waals surface area contributed by atoms with Gasteiger partial charge >= 0.3 is 10.2 Å². The van der Waals surface area contributed by atoms with Gasteiger partial charge in [-0.15, -0.1) is 0 Å². The van der Waals surface area contributed by atoms with Crippen LogP contribution in [0, 0.1) is 0 Å². The van der Waals surface area contributed by atoms with Crippen molar-refractivity contribution in [3.05, 3.63) is 72.3 Å². The maximum Gasteiger partial charge on any atom is 0.310 e. The lowest BCUT2D eigenvalue weighted by Crippen LogP contribution is -2.05. The zero-order chi connectivity index (χ0) is 20.4. The molecule has 8 heteroatoms. The van der Waals surface area contributed by atoms with E-state index in [2.05, 4.69) is 0 Å². The number of hydrogen-bond acceptors (Lipinski definition) is 1. The average molecular weight is 429 g/mol. The summed E-state index contributed by atoms with van der Waals surface area (Å²) in [6.07, 6.45) is 0. The van der Waals surface area contributed by atoms with Crippen LogP contribution in [-0.4, -0.2) is 5.78 Å². The summed E-state index contributed by atoms with van der Waals surface area (Å²) in [5.41, 5.74) is 0.537. The van der Waals surface area contributed by atoms with E-state index in [4.69, 9.17) is 0 Å². The molecule has 4 rings (SSSR count). The molecule has 0 saturated heterocycles. The number of fused-ring (bicyclic) bond motifs is 3. The highest BCUT2D eigenvalue weighted by atomic mass is 32.5. The van der Waals surface area contributed by atoms with Crippen LogP contribution >= 0.6 is 20.7 Å². The van der Waals surface area contributed by atoms with Gasteiger partial charge in [-0.3, -0.25) is 4.79 Å². The van der Waals surface area contributed by atoms with Gasteiger partial charge in [-0.1, -0.05) is 31.6 Å². The van der Waals surface area contributed by atoms with Gasteiger partial charge in [0.15, 0.2) is 20.1 Å². The fourth-order valence-corrected chi connectivity index (χ4v) is 6.22. The van der Waals surface area contributed by atoms with Crippen molar-refractivity contribution in [3.8, 4) is 4.90 Å². The van der Waals surface area contributed by atoms with Crippen LogP contribution in [0.3, 0.4) is 0 Å². The number of carbonyl (C=O) groups is 1. The van der Waals surface area contributed by atoms with Crippen molar-refractivity contribution in [2.24, 2.45) is 0 Å². The monoisotopic (exact) mass is 429 g/mol. The Morgan fingerprint density at radius 2 is 1.39 bits per heavy atom. The number of ketones is 1. The Bertz CT molecular complexity index is 1260. The fourth-order valence-electron chi connectivity index (χ4n) is 3.21. The van der Waals surface area contributed by atoms with Crippen LogP contribution in [-0.2, 0) is 0 Å². The van der Waals surface area contributed by atoms with E-state index < -0.39 is 25.6 Å². The Morgan fingerprint density at radius 1 is 0.786 bits per heavy atom. The summed E-state index contributed by atoms with van der Waals surface area (Å²) in [6, 6.07) is 15.8. The van der Waals surface area contributed by atoms with E-state index in [-0.39, 0.29) is 5.78 Å². The summed E-state index contributed by atoms with van der Waals surface area (Å²) < 4.78 is 66.9. The Hall–Kier alpha value is -2.45. The predicted octanol–water partition coefficient (Wildman–Crippen LogP) is 8.59. The Balaban J connectivity index is 2.00. The van der Waals surface area contributed by atoms with Gasteiger partial charge in [0.25, 0.3) is 0 Å². The second-order valence-electron chi connectivity index (χ2n) is 6.51. The molecule has 0 N–H and O–H groups in total. The lowest BCUT2D eigenvalue weighted by atomic mass is 10.1. The van der Waals surface area contributed by atoms with E-state index in [1.807, 2.05) is 24.3 Å². The number of rotatable bonds is 3. The smallest absolute Gasteiger partial charge is 0.295 e. The lowest BCUT2D eigenvalue weighted by molar-refractivity contribution is 0.101. The van der Waals surface area contributed by atoms with E-state index in [9.17, 15) is 24.2 Å². The Morgan fingerprint density at radius 3 is 2.00 bits per heavy atom. The maximum absolute atomic E-state index is 13.0. The first-order valence-corrected chi connectivity index (χ1v) is 11.4. The minimum Gasteiger partial charge on any atom is -0.295 e. The number of halogens is 5. The molecule has 1 nitrogen and oxygen atoms in total. The van der Waals surface area contributed by atoms with Crippen molar-refractivity contribution in [2.75, 3.05) is 0 Å². The third kappa shape index (κ3) is 3.16. The van der Waals surface area contributed by atoms with E-state index >= 15 is 0 Å². The number of Topliss-reactive ketones (excluding diaryl/α,β-unsaturated/α-hetero) is 1. The maximum atomic E-state index is 13.0. The van der Waals surface area contributed by atoms with Gasteiger partial charge in [-0.2, -0.15) is 0 Å². The van der Waals surface area contributed by atoms with Gasteiger partial charge in [-0.05, 0) is 61.5 Å². The minimum atomic E-state index is -9.71. The molecule has 0 radical (unpaired) electrons. The van der Waals surface area contributed by atoms with Crippen LogP contribution in [0.2, 0.25) is 0 Å². The van der Waals surface area contributed by atoms with Crippen molar-refractivity contribution < 1.29 is 24.2 Å². The predicted molar refractivity (Wildman–Crippen MR) is 107 cm³/mol. The number of benzene rings is 3. The van der Waals surface area contributed by atoms with Gasteiger partial charge in [0, 0.05) is 26.8 Å². The van der Waals surface area contributed by atoms with Crippen LogP contribution in [0.5, 0.6) is 0 Å². The fraction of sp³-hybridized carbons (Fsp3) is 0.0500. The van der Waals surface area contributed by atoms with E-state index in [0.29, 0.717) is 22.6 Å². The molecule has 3 aromatic carbocycles. The summed E-state index contributed by atoms with van der Waals surface area (Å²) in [6.45, 7) is 1.46. The number of carbonyl (C=O) groups excluding carboxylic acids is 1. The standard InChI is InChI=1S/C20H14F5OS2/c1-13(26)14-6-11-20-18(12-14)17-4-2-3-5-19(17)27(20)15-7-9-16(10-8-15)28(21,22,23,24)25/h2-12H,1H3/q+1. The number of hydrogen-bond donors (Lipinski definition) is 0. The highest BCUT2D eigenvalue weighted by Gasteiger charge is 2.65. The zero-order valence-corrected chi connectivity index (χ0v) is 16.1. The summed E-state index contributed by atoms with van der Waals surface area (Å²) >= 11 is 0. The summed E-state index contributed by atoms with van der Waals surface area (Å²) in [5, 5.41) is 1.73. The summed E-state index contributed by atoms with van der Waals surface area (Å²) in [7, 11) is -10.4. The van der Waals surface area contributed by atoms with E-state index in [0.717, 1.165) is 32.3 Å². The average Bonchev–Trinajstić information content (AvgIpc) is 2.93. The van der Waals surface area contributed by atoms with Crippen molar-refractivity contribution in [1.29, 1.82) is 0 Å². The zero-order valence-electron chi connectivity index (χ0n) is 14.5. The van der Waals surface area contributed by atoms with Crippen molar-refractivity contribution in [3.63, 3.8) is 0 Å². The molecular formula is C20H14F5OS2+. The molecule has 1 unspecified atom stereocenters. The quantitative estimate of drug-likeness (QED) is 0.181. The molecule has 1 atom stereocenters. The van der Waals surface area contributed by atoms with Crippen molar-refractivity contribution in [2.45, 2.75) is 11.8 Å². The van der Waals surface area contributed by atoms with Gasteiger partial charge < -0.3 is 0 Å². The topological polar surface area (TPSA) is 17.1 Å². The second-order valence-corrected chi connectivity index (χ2v) is 10.9. The largest absolute Gasteiger partial charge is 0.310 e. The molecule has 0 bridgehead atoms. The third-order valence-electron chi connectivity index (χ3n) is 4.51. The highest BCUT2D eigenvalue weighted by molar-refractivity contribution is 8.45. The van der Waals surface area contributed by atoms with Crippen molar-refractivity contribution in [1.82, 2.24) is 0 Å². The van der Waals surface area contributed by atoms with E-state index in [1.165, 1.54) is 6.92 Å². The second kappa shape index (κ2) is 5.33. The Kier molecular flexibility index (Phi) is 3.60.